The summed E-state index contributed by atoms with van der Waals surface area (Å²) < 4.78 is 1.30. The molecule has 1 heterocycles. The van der Waals surface area contributed by atoms with Crippen molar-refractivity contribution < 1.29 is 14.7 Å². The number of hydrogen-bond acceptors (Lipinski definition) is 3. The molecule has 0 saturated heterocycles. The van der Waals surface area contributed by atoms with Crippen LogP contribution in [0.1, 0.15) is 48.9 Å². The first kappa shape index (κ1) is 15.3. The number of rotatable bonds is 3. The molecule has 1 amide bonds. The van der Waals surface area contributed by atoms with E-state index in [-0.39, 0.29) is 5.56 Å². The SMILES string of the molecule is Cn1cccc(C(=O)NC2(C(=O)O)CCCCCC2)c1=O. The van der Waals surface area contributed by atoms with Gasteiger partial charge < -0.3 is 15.0 Å². The van der Waals surface area contributed by atoms with E-state index in [2.05, 4.69) is 5.32 Å². The quantitative estimate of drug-likeness (QED) is 0.822. The number of carbonyl (C=O) groups is 2. The first-order valence-corrected chi connectivity index (χ1v) is 7.18. The highest BCUT2D eigenvalue weighted by Gasteiger charge is 2.40. The predicted molar refractivity (Wildman–Crippen MR) is 77.2 cm³/mol. The minimum absolute atomic E-state index is 0.0233. The molecule has 1 saturated carbocycles. The molecule has 21 heavy (non-hydrogen) atoms. The number of nitrogens with one attached hydrogen (secondary N) is 1. The average molecular weight is 292 g/mol. The molecule has 1 aromatic heterocycles. The third kappa shape index (κ3) is 3.15. The monoisotopic (exact) mass is 292 g/mol. The second-order valence-corrected chi connectivity index (χ2v) is 5.59. The smallest absolute Gasteiger partial charge is 0.329 e. The van der Waals surface area contributed by atoms with Crippen LogP contribution in [0.15, 0.2) is 23.1 Å². The van der Waals surface area contributed by atoms with E-state index in [1.54, 1.807) is 19.3 Å². The number of carboxylic acids is 1. The Bertz CT molecular complexity index is 598. The normalized spacial score (nSPS) is 17.8. The highest BCUT2D eigenvalue weighted by atomic mass is 16.4. The lowest BCUT2D eigenvalue weighted by molar-refractivity contribution is -0.145. The van der Waals surface area contributed by atoms with Crippen LogP contribution in [0.3, 0.4) is 0 Å². The van der Waals surface area contributed by atoms with E-state index < -0.39 is 23.0 Å². The van der Waals surface area contributed by atoms with Crippen LogP contribution in [-0.4, -0.2) is 27.1 Å². The van der Waals surface area contributed by atoms with Crippen LogP contribution >= 0.6 is 0 Å². The number of carbonyl (C=O) groups excluding carboxylic acids is 1. The Hall–Kier alpha value is -2.11. The van der Waals surface area contributed by atoms with Crippen molar-refractivity contribution in [2.45, 2.75) is 44.1 Å². The molecule has 2 rings (SSSR count). The van der Waals surface area contributed by atoms with Crippen molar-refractivity contribution in [1.29, 1.82) is 0 Å². The highest BCUT2D eigenvalue weighted by molar-refractivity contribution is 5.97. The van der Waals surface area contributed by atoms with Gasteiger partial charge in [-0.1, -0.05) is 25.7 Å². The minimum atomic E-state index is -1.26. The van der Waals surface area contributed by atoms with Crippen molar-refractivity contribution in [3.05, 3.63) is 34.2 Å². The number of carboxylic acid groups (broad SMARTS) is 1. The number of aliphatic carboxylic acids is 1. The van der Waals surface area contributed by atoms with Crippen LogP contribution in [0, 0.1) is 0 Å². The lowest BCUT2D eigenvalue weighted by atomic mass is 9.90. The Balaban J connectivity index is 2.28. The molecule has 2 N–H and O–H groups in total. The third-order valence-corrected chi connectivity index (χ3v) is 4.09. The molecule has 0 aromatic carbocycles. The Labute approximate surface area is 122 Å². The van der Waals surface area contributed by atoms with Crippen LogP contribution < -0.4 is 10.9 Å². The van der Waals surface area contributed by atoms with E-state index in [9.17, 15) is 19.5 Å². The molecule has 6 nitrogen and oxygen atoms in total. The van der Waals surface area contributed by atoms with Gasteiger partial charge in [0.15, 0.2) is 0 Å². The standard InChI is InChI=1S/C15H20N2O4/c1-17-10-6-7-11(13(17)19)12(18)16-15(14(20)21)8-4-2-3-5-9-15/h6-7,10H,2-5,8-9H2,1H3,(H,16,18)(H,20,21). The van der Waals surface area contributed by atoms with Crippen molar-refractivity contribution >= 4 is 11.9 Å². The van der Waals surface area contributed by atoms with Gasteiger partial charge in [0.25, 0.3) is 11.5 Å². The van der Waals surface area contributed by atoms with Crippen LogP contribution in [0.25, 0.3) is 0 Å². The van der Waals surface area contributed by atoms with E-state index in [1.807, 2.05) is 0 Å². The fourth-order valence-corrected chi connectivity index (χ4v) is 2.78. The number of aromatic nitrogens is 1. The first-order chi connectivity index (χ1) is 9.96. The number of pyridine rings is 1. The summed E-state index contributed by atoms with van der Waals surface area (Å²) in [6, 6.07) is 3.01. The van der Waals surface area contributed by atoms with E-state index >= 15 is 0 Å². The maximum atomic E-state index is 12.3. The van der Waals surface area contributed by atoms with Gasteiger partial charge in [0.2, 0.25) is 0 Å². The molecule has 1 aliphatic rings. The maximum absolute atomic E-state index is 12.3. The molecule has 0 unspecified atom stereocenters. The molecule has 0 radical (unpaired) electrons. The summed E-state index contributed by atoms with van der Waals surface area (Å²) in [6.45, 7) is 0. The van der Waals surface area contributed by atoms with Crippen molar-refractivity contribution in [2.24, 2.45) is 7.05 Å². The zero-order valence-corrected chi connectivity index (χ0v) is 12.1. The van der Waals surface area contributed by atoms with Gasteiger partial charge in [0.1, 0.15) is 11.1 Å². The first-order valence-electron chi connectivity index (χ1n) is 7.18. The molecule has 1 aromatic rings. The van der Waals surface area contributed by atoms with Crippen LogP contribution in [0.2, 0.25) is 0 Å². The summed E-state index contributed by atoms with van der Waals surface area (Å²) in [5, 5.41) is 12.1. The van der Waals surface area contributed by atoms with E-state index in [1.165, 1.54) is 10.6 Å². The lowest BCUT2D eigenvalue weighted by Crippen LogP contribution is -2.55. The van der Waals surface area contributed by atoms with Gasteiger partial charge in [-0.05, 0) is 25.0 Å². The summed E-state index contributed by atoms with van der Waals surface area (Å²) in [6.07, 6.45) is 5.83. The molecular formula is C15H20N2O4. The van der Waals surface area contributed by atoms with E-state index in [4.69, 9.17) is 0 Å². The van der Waals surface area contributed by atoms with Gasteiger partial charge in [-0.15, -0.1) is 0 Å². The van der Waals surface area contributed by atoms with Gasteiger partial charge in [-0.25, -0.2) is 4.79 Å². The minimum Gasteiger partial charge on any atom is -0.480 e. The van der Waals surface area contributed by atoms with Crippen LogP contribution in [0.4, 0.5) is 0 Å². The number of hydrogen-bond donors (Lipinski definition) is 2. The summed E-state index contributed by atoms with van der Waals surface area (Å²) in [4.78, 5) is 35.9. The molecular weight excluding hydrogens is 272 g/mol. The molecule has 1 aliphatic carbocycles. The van der Waals surface area contributed by atoms with Crippen LogP contribution in [-0.2, 0) is 11.8 Å². The zero-order chi connectivity index (χ0) is 15.5. The zero-order valence-electron chi connectivity index (χ0n) is 12.1. The average Bonchev–Trinajstić information content (AvgIpc) is 2.68. The van der Waals surface area contributed by atoms with Gasteiger partial charge in [-0.3, -0.25) is 9.59 Å². The van der Waals surface area contributed by atoms with Gasteiger partial charge in [0, 0.05) is 13.2 Å². The lowest BCUT2D eigenvalue weighted by Gasteiger charge is -2.29. The third-order valence-electron chi connectivity index (χ3n) is 4.09. The van der Waals surface area contributed by atoms with Gasteiger partial charge in [0.05, 0.1) is 0 Å². The molecule has 0 bridgehead atoms. The van der Waals surface area contributed by atoms with Crippen molar-refractivity contribution in [3.8, 4) is 0 Å². The fraction of sp³-hybridized carbons (Fsp3) is 0.533. The number of amides is 1. The summed E-state index contributed by atoms with van der Waals surface area (Å²) in [5.41, 5.74) is -1.71. The fourth-order valence-electron chi connectivity index (χ4n) is 2.78. The second kappa shape index (κ2) is 6.11. The Kier molecular flexibility index (Phi) is 4.45. The number of nitrogens with zero attached hydrogens (tertiary/aromatic N) is 1. The topological polar surface area (TPSA) is 88.4 Å². The Morgan fingerprint density at radius 1 is 1.24 bits per heavy atom. The van der Waals surface area contributed by atoms with Gasteiger partial charge in [-0.2, -0.15) is 0 Å². The summed E-state index contributed by atoms with van der Waals surface area (Å²) in [5.74, 6) is -1.63. The molecule has 1 fully saturated rings. The van der Waals surface area contributed by atoms with Crippen molar-refractivity contribution in [3.63, 3.8) is 0 Å². The molecule has 6 heteroatoms. The summed E-state index contributed by atoms with van der Waals surface area (Å²) in [7, 11) is 1.55. The van der Waals surface area contributed by atoms with Gasteiger partial charge >= 0.3 is 5.97 Å². The Morgan fingerprint density at radius 2 is 1.86 bits per heavy atom. The largest absolute Gasteiger partial charge is 0.480 e. The van der Waals surface area contributed by atoms with Crippen LogP contribution in [0.5, 0.6) is 0 Å². The second-order valence-electron chi connectivity index (χ2n) is 5.59. The molecule has 0 atom stereocenters. The van der Waals surface area contributed by atoms with E-state index in [0.717, 1.165) is 25.7 Å². The molecule has 0 spiro atoms. The van der Waals surface area contributed by atoms with E-state index in [0.29, 0.717) is 12.8 Å². The van der Waals surface area contributed by atoms with Crippen molar-refractivity contribution in [1.82, 2.24) is 9.88 Å². The number of aryl methyl sites for hydroxylation is 1. The predicted octanol–water partition coefficient (Wildman–Crippen LogP) is 1.29. The highest BCUT2D eigenvalue weighted by Crippen LogP contribution is 2.27. The molecule has 0 aliphatic heterocycles. The molecule has 114 valence electrons. The Morgan fingerprint density at radius 3 is 2.43 bits per heavy atom. The summed E-state index contributed by atoms with van der Waals surface area (Å²) >= 11 is 0. The maximum Gasteiger partial charge on any atom is 0.329 e. The van der Waals surface area contributed by atoms with Crippen molar-refractivity contribution in [2.75, 3.05) is 0 Å².